The van der Waals surface area contributed by atoms with Crippen LogP contribution in [0.4, 0.5) is 0 Å². The average molecular weight is 375 g/mol. The van der Waals surface area contributed by atoms with E-state index in [1.807, 2.05) is 36.4 Å². The summed E-state index contributed by atoms with van der Waals surface area (Å²) < 4.78 is 0.810. The van der Waals surface area contributed by atoms with Crippen LogP contribution in [0.25, 0.3) is 0 Å². The molecule has 5 heteroatoms. The van der Waals surface area contributed by atoms with Crippen molar-refractivity contribution in [3.63, 3.8) is 0 Å². The van der Waals surface area contributed by atoms with E-state index >= 15 is 0 Å². The van der Waals surface area contributed by atoms with Gasteiger partial charge in [-0.2, -0.15) is 0 Å². The Labute approximate surface area is 144 Å². The lowest BCUT2D eigenvalue weighted by Crippen LogP contribution is -2.44. The first-order chi connectivity index (χ1) is 11.1. The molecule has 0 spiro atoms. The normalized spacial score (nSPS) is 11.7. The van der Waals surface area contributed by atoms with Gasteiger partial charge in [0.2, 0.25) is 5.91 Å². The highest BCUT2D eigenvalue weighted by molar-refractivity contribution is 9.10. The predicted molar refractivity (Wildman–Crippen MR) is 94.0 cm³/mol. The number of nitrogens with two attached hydrogens (primary N) is 1. The number of hydrogen-bond donors (Lipinski definition) is 2. The van der Waals surface area contributed by atoms with Gasteiger partial charge in [-0.3, -0.25) is 9.59 Å². The highest BCUT2D eigenvalue weighted by atomic mass is 79.9. The lowest BCUT2D eigenvalue weighted by Gasteiger charge is -2.15. The maximum atomic E-state index is 12.2. The minimum Gasteiger partial charge on any atom is -0.368 e. The first kappa shape index (κ1) is 17.2. The van der Waals surface area contributed by atoms with E-state index in [1.54, 1.807) is 18.2 Å². The van der Waals surface area contributed by atoms with Crippen molar-refractivity contribution in [3.8, 4) is 0 Å². The number of carbonyl (C=O) groups excluding carboxylic acids is 2. The molecule has 0 aliphatic heterocycles. The van der Waals surface area contributed by atoms with E-state index in [9.17, 15) is 9.59 Å². The largest absolute Gasteiger partial charge is 0.368 e. The zero-order chi connectivity index (χ0) is 16.7. The van der Waals surface area contributed by atoms with Crippen LogP contribution in [0.1, 0.15) is 28.8 Å². The van der Waals surface area contributed by atoms with Gasteiger partial charge in [0.25, 0.3) is 5.91 Å². The zero-order valence-electron chi connectivity index (χ0n) is 12.7. The zero-order valence-corrected chi connectivity index (χ0v) is 14.3. The van der Waals surface area contributed by atoms with Crippen molar-refractivity contribution in [2.75, 3.05) is 0 Å². The summed E-state index contributed by atoms with van der Waals surface area (Å²) in [7, 11) is 0. The van der Waals surface area contributed by atoms with Gasteiger partial charge in [-0.25, -0.2) is 0 Å². The Hall–Kier alpha value is -2.14. The van der Waals surface area contributed by atoms with Crippen molar-refractivity contribution in [1.82, 2.24) is 5.32 Å². The van der Waals surface area contributed by atoms with E-state index in [2.05, 4.69) is 21.2 Å². The second-order valence-electron chi connectivity index (χ2n) is 5.32. The Kier molecular flexibility index (Phi) is 6.35. The van der Waals surface area contributed by atoms with Crippen molar-refractivity contribution in [3.05, 3.63) is 70.2 Å². The third kappa shape index (κ3) is 5.53. The summed E-state index contributed by atoms with van der Waals surface area (Å²) in [5, 5.41) is 2.71. The molecule has 0 radical (unpaired) electrons. The molecule has 1 atom stereocenters. The van der Waals surface area contributed by atoms with Crippen LogP contribution in [0, 0.1) is 0 Å². The predicted octanol–water partition coefficient (Wildman–Crippen LogP) is 3.06. The third-order valence-electron chi connectivity index (χ3n) is 3.54. The van der Waals surface area contributed by atoms with E-state index < -0.39 is 11.9 Å². The van der Waals surface area contributed by atoms with Gasteiger partial charge < -0.3 is 11.1 Å². The first-order valence-electron chi connectivity index (χ1n) is 7.46. The molecule has 2 amide bonds. The van der Waals surface area contributed by atoms with E-state index in [4.69, 9.17) is 5.73 Å². The molecule has 0 heterocycles. The fourth-order valence-electron chi connectivity index (χ4n) is 2.31. The molecule has 23 heavy (non-hydrogen) atoms. The van der Waals surface area contributed by atoms with E-state index in [0.717, 1.165) is 17.3 Å². The second-order valence-corrected chi connectivity index (χ2v) is 6.23. The van der Waals surface area contributed by atoms with E-state index in [1.165, 1.54) is 5.56 Å². The van der Waals surface area contributed by atoms with Crippen molar-refractivity contribution >= 4 is 27.7 Å². The van der Waals surface area contributed by atoms with Gasteiger partial charge in [0, 0.05) is 10.0 Å². The molecule has 4 nitrogen and oxygen atoms in total. The molecule has 0 fully saturated rings. The quantitative estimate of drug-likeness (QED) is 0.781. The van der Waals surface area contributed by atoms with Crippen LogP contribution in [0.5, 0.6) is 0 Å². The molecule has 0 saturated heterocycles. The molecular formula is C18H19BrN2O2. The number of benzene rings is 2. The highest BCUT2D eigenvalue weighted by Gasteiger charge is 2.18. The summed E-state index contributed by atoms with van der Waals surface area (Å²) >= 11 is 3.32. The Morgan fingerprint density at radius 1 is 1.09 bits per heavy atom. The van der Waals surface area contributed by atoms with Gasteiger partial charge in [-0.1, -0.05) is 52.3 Å². The molecule has 3 N–H and O–H groups in total. The minimum absolute atomic E-state index is 0.296. The number of halogens is 1. The van der Waals surface area contributed by atoms with Crippen LogP contribution in [-0.4, -0.2) is 17.9 Å². The van der Waals surface area contributed by atoms with Gasteiger partial charge in [0.1, 0.15) is 6.04 Å². The Morgan fingerprint density at radius 3 is 2.48 bits per heavy atom. The van der Waals surface area contributed by atoms with Crippen molar-refractivity contribution in [2.24, 2.45) is 5.73 Å². The smallest absolute Gasteiger partial charge is 0.251 e. The van der Waals surface area contributed by atoms with Gasteiger partial charge in [0.05, 0.1) is 0 Å². The van der Waals surface area contributed by atoms with Crippen LogP contribution in [0.2, 0.25) is 0 Å². The monoisotopic (exact) mass is 374 g/mol. The Bertz CT molecular complexity index is 674. The summed E-state index contributed by atoms with van der Waals surface area (Å²) in [6, 6.07) is 16.4. The number of rotatable bonds is 7. The van der Waals surface area contributed by atoms with Gasteiger partial charge in [-0.05, 0) is 43.0 Å². The fourth-order valence-corrected chi connectivity index (χ4v) is 2.71. The Balaban J connectivity index is 1.91. The maximum Gasteiger partial charge on any atom is 0.251 e. The SMILES string of the molecule is NC(=O)[C@H](CCCc1ccccc1)NC(=O)c1cccc(Br)c1. The molecule has 0 bridgehead atoms. The summed E-state index contributed by atoms with van der Waals surface area (Å²) in [5.41, 5.74) is 7.11. The van der Waals surface area contributed by atoms with Crippen molar-refractivity contribution in [2.45, 2.75) is 25.3 Å². The molecule has 120 valence electrons. The molecular weight excluding hydrogens is 356 g/mol. The standard InChI is InChI=1S/C18H19BrN2O2/c19-15-10-5-9-14(12-15)18(23)21-16(17(20)22)11-4-8-13-6-2-1-3-7-13/h1-3,5-7,9-10,12,16H,4,8,11H2,(H2,20,22)(H,21,23)/t16-/m0/s1. The molecule has 0 aliphatic rings. The fraction of sp³-hybridized carbons (Fsp3) is 0.222. The molecule has 0 saturated carbocycles. The molecule has 0 aromatic heterocycles. The number of primary amides is 1. The molecule has 2 rings (SSSR count). The summed E-state index contributed by atoms with van der Waals surface area (Å²) in [4.78, 5) is 23.8. The summed E-state index contributed by atoms with van der Waals surface area (Å²) in [6.07, 6.45) is 2.14. The molecule has 2 aromatic carbocycles. The number of aryl methyl sites for hydroxylation is 1. The number of nitrogens with one attached hydrogen (secondary N) is 1. The Morgan fingerprint density at radius 2 is 1.83 bits per heavy atom. The summed E-state index contributed by atoms with van der Waals surface area (Å²) in [5.74, 6) is -0.809. The van der Waals surface area contributed by atoms with Crippen LogP contribution in [-0.2, 0) is 11.2 Å². The summed E-state index contributed by atoms with van der Waals surface area (Å²) in [6.45, 7) is 0. The second kappa shape index (κ2) is 8.48. The molecule has 2 aromatic rings. The number of carbonyl (C=O) groups is 2. The van der Waals surface area contributed by atoms with E-state index in [0.29, 0.717) is 12.0 Å². The van der Waals surface area contributed by atoms with Crippen molar-refractivity contribution in [1.29, 1.82) is 0 Å². The lowest BCUT2D eigenvalue weighted by molar-refractivity contribution is -0.120. The molecule has 0 aliphatic carbocycles. The van der Waals surface area contributed by atoms with Crippen LogP contribution >= 0.6 is 15.9 Å². The highest BCUT2D eigenvalue weighted by Crippen LogP contribution is 2.12. The number of hydrogen-bond acceptors (Lipinski definition) is 2. The average Bonchev–Trinajstić information content (AvgIpc) is 2.54. The minimum atomic E-state index is -0.662. The van der Waals surface area contributed by atoms with Crippen molar-refractivity contribution < 1.29 is 9.59 Å². The van der Waals surface area contributed by atoms with E-state index in [-0.39, 0.29) is 5.91 Å². The topological polar surface area (TPSA) is 72.2 Å². The van der Waals surface area contributed by atoms with Crippen LogP contribution in [0.3, 0.4) is 0 Å². The molecule has 0 unspecified atom stereocenters. The maximum absolute atomic E-state index is 12.2. The third-order valence-corrected chi connectivity index (χ3v) is 4.03. The first-order valence-corrected chi connectivity index (χ1v) is 8.25. The van der Waals surface area contributed by atoms with Crippen LogP contribution < -0.4 is 11.1 Å². The number of amides is 2. The van der Waals surface area contributed by atoms with Gasteiger partial charge >= 0.3 is 0 Å². The van der Waals surface area contributed by atoms with Gasteiger partial charge in [0.15, 0.2) is 0 Å². The van der Waals surface area contributed by atoms with Crippen LogP contribution in [0.15, 0.2) is 59.1 Å². The lowest BCUT2D eigenvalue weighted by atomic mass is 10.0. The van der Waals surface area contributed by atoms with Gasteiger partial charge in [-0.15, -0.1) is 0 Å².